The van der Waals surface area contributed by atoms with Gasteiger partial charge in [-0.3, -0.25) is 14.4 Å². The predicted molar refractivity (Wildman–Crippen MR) is 152 cm³/mol. The number of methoxy groups -OCH3 is 1. The number of ether oxygens (including phenoxy) is 1. The van der Waals surface area contributed by atoms with Gasteiger partial charge in [0, 0.05) is 18.9 Å². The van der Waals surface area contributed by atoms with Crippen LogP contribution in [-0.4, -0.2) is 42.4 Å². The first-order chi connectivity index (χ1) is 18.7. The number of benzene rings is 3. The van der Waals surface area contributed by atoms with Gasteiger partial charge in [0.25, 0.3) is 0 Å². The van der Waals surface area contributed by atoms with Crippen LogP contribution in [0.5, 0.6) is 0 Å². The average molecular weight is 527 g/mol. The highest BCUT2D eigenvalue weighted by Crippen LogP contribution is 2.51. The molecule has 1 saturated heterocycles. The number of amides is 2. The molecule has 6 heteroatoms. The smallest absolute Gasteiger partial charge is 0.311 e. The molecule has 4 unspecified atom stereocenters. The molecule has 1 aliphatic heterocycles. The van der Waals surface area contributed by atoms with Crippen LogP contribution in [0, 0.1) is 11.3 Å². The molecule has 0 radical (unpaired) electrons. The van der Waals surface area contributed by atoms with E-state index in [-0.39, 0.29) is 23.7 Å². The first-order valence-corrected chi connectivity index (χ1v) is 13.5. The lowest BCUT2D eigenvalue weighted by Crippen LogP contribution is -2.49. The second-order valence-electron chi connectivity index (χ2n) is 11.4. The normalized spacial score (nSPS) is 20.9. The highest BCUT2D eigenvalue weighted by Gasteiger charge is 2.58. The van der Waals surface area contributed by atoms with Crippen molar-refractivity contribution in [1.29, 1.82) is 0 Å². The van der Waals surface area contributed by atoms with Crippen LogP contribution in [0.4, 0.5) is 0 Å². The largest absolute Gasteiger partial charge is 0.469 e. The molecule has 2 amide bonds. The van der Waals surface area contributed by atoms with Gasteiger partial charge < -0.3 is 15.0 Å². The Morgan fingerprint density at radius 2 is 1.36 bits per heavy atom. The maximum absolute atomic E-state index is 14.1. The molecule has 1 fully saturated rings. The molecular formula is C33H38N2O4. The third kappa shape index (κ3) is 6.56. The molecule has 204 valence electrons. The quantitative estimate of drug-likeness (QED) is 0.404. The molecule has 6 nitrogen and oxygen atoms in total. The van der Waals surface area contributed by atoms with E-state index < -0.39 is 29.9 Å². The maximum Gasteiger partial charge on any atom is 0.311 e. The van der Waals surface area contributed by atoms with Crippen molar-refractivity contribution >= 4 is 17.8 Å². The van der Waals surface area contributed by atoms with Gasteiger partial charge in [-0.15, -0.1) is 0 Å². The Kier molecular flexibility index (Phi) is 8.85. The summed E-state index contributed by atoms with van der Waals surface area (Å²) < 4.78 is 5.33. The van der Waals surface area contributed by atoms with Gasteiger partial charge in [-0.1, -0.05) is 112 Å². The summed E-state index contributed by atoms with van der Waals surface area (Å²) in [7, 11) is 1.36. The van der Waals surface area contributed by atoms with E-state index in [2.05, 4.69) is 5.32 Å². The summed E-state index contributed by atoms with van der Waals surface area (Å²) in [5.41, 5.74) is 2.43. The molecule has 4 rings (SSSR count). The fourth-order valence-corrected chi connectivity index (χ4v) is 5.63. The monoisotopic (exact) mass is 526 g/mol. The molecule has 3 aromatic rings. The summed E-state index contributed by atoms with van der Waals surface area (Å²) in [4.78, 5) is 43.3. The number of hydrogen-bond donors (Lipinski definition) is 1. The lowest BCUT2D eigenvalue weighted by molar-refractivity contribution is -0.148. The van der Waals surface area contributed by atoms with E-state index in [4.69, 9.17) is 4.74 Å². The van der Waals surface area contributed by atoms with Crippen molar-refractivity contribution in [3.8, 4) is 0 Å². The Bertz CT molecular complexity index is 1260. The number of likely N-dealkylation sites (tertiary alicyclic amines) is 1. The molecular weight excluding hydrogens is 488 g/mol. The molecule has 1 heterocycles. The van der Waals surface area contributed by atoms with Crippen LogP contribution in [0.1, 0.15) is 55.8 Å². The van der Waals surface area contributed by atoms with Gasteiger partial charge in [-0.2, -0.15) is 0 Å². The Balaban J connectivity index is 1.81. The molecule has 39 heavy (non-hydrogen) atoms. The maximum atomic E-state index is 14.1. The first kappa shape index (κ1) is 28.1. The van der Waals surface area contributed by atoms with E-state index >= 15 is 0 Å². The van der Waals surface area contributed by atoms with Crippen molar-refractivity contribution in [3.05, 3.63) is 108 Å². The average Bonchev–Trinajstić information content (AvgIpc) is 3.30. The van der Waals surface area contributed by atoms with E-state index in [0.29, 0.717) is 13.0 Å². The third-order valence-corrected chi connectivity index (χ3v) is 7.26. The van der Waals surface area contributed by atoms with Gasteiger partial charge in [0.2, 0.25) is 11.8 Å². The summed E-state index contributed by atoms with van der Waals surface area (Å²) in [6.07, 6.45) is 0.896. The highest BCUT2D eigenvalue weighted by atomic mass is 16.5. The van der Waals surface area contributed by atoms with Crippen LogP contribution in [0.15, 0.2) is 91.0 Å². The molecule has 3 aromatic carbocycles. The fourth-order valence-electron chi connectivity index (χ4n) is 5.63. The van der Waals surface area contributed by atoms with Gasteiger partial charge in [-0.05, 0) is 28.5 Å². The van der Waals surface area contributed by atoms with Gasteiger partial charge in [0.05, 0.1) is 19.1 Å². The molecule has 1 N–H and O–H groups in total. The SMILES string of the molecule is COC(=O)C1C(c2ccccc2)C(C(=O)NCCc2ccccc2)N(C(=O)CC(C)(C)C)C1c1ccccc1. The van der Waals surface area contributed by atoms with E-state index in [9.17, 15) is 14.4 Å². The number of esters is 1. The number of hydrogen-bond acceptors (Lipinski definition) is 4. The van der Waals surface area contributed by atoms with E-state index in [1.165, 1.54) is 7.11 Å². The molecule has 4 atom stereocenters. The van der Waals surface area contributed by atoms with Gasteiger partial charge in [0.15, 0.2) is 0 Å². The van der Waals surface area contributed by atoms with Crippen molar-refractivity contribution in [3.63, 3.8) is 0 Å². The Labute approximate surface area is 231 Å². The van der Waals surface area contributed by atoms with E-state index in [1.54, 1.807) is 4.90 Å². The van der Waals surface area contributed by atoms with Crippen molar-refractivity contribution < 1.29 is 19.1 Å². The number of rotatable bonds is 8. The number of carbonyl (C=O) groups excluding carboxylic acids is 3. The summed E-state index contributed by atoms with van der Waals surface area (Å²) >= 11 is 0. The zero-order valence-corrected chi connectivity index (χ0v) is 23.2. The minimum Gasteiger partial charge on any atom is -0.469 e. The summed E-state index contributed by atoms with van der Waals surface area (Å²) in [5, 5.41) is 3.09. The molecule has 0 aromatic heterocycles. The van der Waals surface area contributed by atoms with Crippen molar-refractivity contribution in [2.24, 2.45) is 11.3 Å². The van der Waals surface area contributed by atoms with Gasteiger partial charge in [-0.25, -0.2) is 0 Å². The minimum atomic E-state index is -0.882. The van der Waals surface area contributed by atoms with Gasteiger partial charge in [0.1, 0.15) is 6.04 Å². The molecule has 0 bridgehead atoms. The first-order valence-electron chi connectivity index (χ1n) is 13.5. The number of nitrogens with one attached hydrogen (secondary N) is 1. The summed E-state index contributed by atoms with van der Waals surface area (Å²) in [6.45, 7) is 6.42. The summed E-state index contributed by atoms with van der Waals surface area (Å²) in [6, 6.07) is 27.4. The number of carbonyl (C=O) groups is 3. The zero-order chi connectivity index (χ0) is 28.0. The zero-order valence-electron chi connectivity index (χ0n) is 23.2. The molecule has 0 spiro atoms. The summed E-state index contributed by atoms with van der Waals surface area (Å²) in [5.74, 6) is -2.20. The number of nitrogens with zero attached hydrogens (tertiary/aromatic N) is 1. The lowest BCUT2D eigenvalue weighted by Gasteiger charge is -2.33. The lowest BCUT2D eigenvalue weighted by atomic mass is 9.80. The Morgan fingerprint density at radius 3 is 1.90 bits per heavy atom. The van der Waals surface area contributed by atoms with Crippen LogP contribution >= 0.6 is 0 Å². The van der Waals surface area contributed by atoms with Crippen LogP contribution in [0.25, 0.3) is 0 Å². The Hall–Kier alpha value is -3.93. The van der Waals surface area contributed by atoms with Crippen LogP contribution in [0.2, 0.25) is 0 Å². The van der Waals surface area contributed by atoms with Crippen molar-refractivity contribution in [1.82, 2.24) is 10.2 Å². The predicted octanol–water partition coefficient (Wildman–Crippen LogP) is 5.31. The van der Waals surface area contributed by atoms with Crippen molar-refractivity contribution in [2.75, 3.05) is 13.7 Å². The molecule has 0 saturated carbocycles. The third-order valence-electron chi connectivity index (χ3n) is 7.26. The minimum absolute atomic E-state index is 0.160. The van der Waals surface area contributed by atoms with Crippen LogP contribution < -0.4 is 5.32 Å². The van der Waals surface area contributed by atoms with Crippen molar-refractivity contribution in [2.45, 2.75) is 51.6 Å². The topological polar surface area (TPSA) is 75.7 Å². The Morgan fingerprint density at radius 1 is 0.821 bits per heavy atom. The molecule has 1 aliphatic rings. The van der Waals surface area contributed by atoms with Crippen LogP contribution in [0.3, 0.4) is 0 Å². The standard InChI is InChI=1S/C33H38N2O4/c1-33(2,3)22-26(36)35-29(25-18-12-7-13-19-25)28(32(38)39-4)27(24-16-10-6-11-17-24)30(35)31(37)34-21-20-23-14-8-5-9-15-23/h5-19,27-30H,20-22H2,1-4H3,(H,34,37). The van der Waals surface area contributed by atoms with Gasteiger partial charge >= 0.3 is 5.97 Å². The molecule has 0 aliphatic carbocycles. The fraction of sp³-hybridized carbons (Fsp3) is 0.364. The van der Waals surface area contributed by atoms with E-state index in [0.717, 1.165) is 16.7 Å². The van der Waals surface area contributed by atoms with Crippen LogP contribution in [-0.2, 0) is 25.5 Å². The second kappa shape index (κ2) is 12.3. The second-order valence-corrected chi connectivity index (χ2v) is 11.4. The van der Waals surface area contributed by atoms with E-state index in [1.807, 2.05) is 112 Å². The highest BCUT2D eigenvalue weighted by molar-refractivity contribution is 5.92.